The highest BCUT2D eigenvalue weighted by molar-refractivity contribution is 7.92. The summed E-state index contributed by atoms with van der Waals surface area (Å²) in [4.78, 5) is 12.2. The van der Waals surface area contributed by atoms with E-state index in [4.69, 9.17) is 0 Å². The van der Waals surface area contributed by atoms with Crippen LogP contribution in [0.2, 0.25) is 0 Å². The molecule has 0 fully saturated rings. The number of rotatable bonds is 0. The summed E-state index contributed by atoms with van der Waals surface area (Å²) in [6.45, 7) is 1.87. The maximum absolute atomic E-state index is 12.3. The first-order valence-corrected chi connectivity index (χ1v) is 7.49. The average molecular weight is 288 g/mol. The summed E-state index contributed by atoms with van der Waals surface area (Å²) in [6, 6.07) is 11.3. The number of amides is 1. The number of hydrogen-bond acceptors (Lipinski definition) is 3. The van der Waals surface area contributed by atoms with Crippen molar-refractivity contribution in [2.45, 2.75) is 11.8 Å². The number of aryl methyl sites for hydroxylation is 1. The zero-order valence-corrected chi connectivity index (χ0v) is 11.5. The molecule has 0 atom stereocenters. The van der Waals surface area contributed by atoms with E-state index >= 15 is 0 Å². The Morgan fingerprint density at radius 2 is 1.75 bits per heavy atom. The van der Waals surface area contributed by atoms with Gasteiger partial charge >= 0.3 is 0 Å². The largest absolute Gasteiger partial charge is 0.320 e. The summed E-state index contributed by atoms with van der Waals surface area (Å²) in [5.41, 5.74) is 1.87. The van der Waals surface area contributed by atoms with Gasteiger partial charge in [0.2, 0.25) is 0 Å². The van der Waals surface area contributed by atoms with E-state index in [1.165, 1.54) is 12.1 Å². The molecule has 0 aliphatic carbocycles. The molecule has 102 valence electrons. The number of carbonyl (C=O) groups excluding carboxylic acids is 1. The highest BCUT2D eigenvalue weighted by atomic mass is 32.2. The van der Waals surface area contributed by atoms with Crippen LogP contribution in [0.15, 0.2) is 47.4 Å². The van der Waals surface area contributed by atoms with E-state index in [2.05, 4.69) is 10.0 Å². The summed E-state index contributed by atoms with van der Waals surface area (Å²) in [7, 11) is -3.77. The maximum Gasteiger partial charge on any atom is 0.262 e. The van der Waals surface area contributed by atoms with E-state index in [0.29, 0.717) is 11.4 Å². The molecule has 0 saturated carbocycles. The molecule has 5 nitrogen and oxygen atoms in total. The molecular weight excluding hydrogens is 276 g/mol. The highest BCUT2D eigenvalue weighted by Crippen LogP contribution is 2.30. The first-order chi connectivity index (χ1) is 9.47. The van der Waals surface area contributed by atoms with Gasteiger partial charge in [0.05, 0.1) is 16.9 Å². The number of benzene rings is 2. The number of nitrogens with one attached hydrogen (secondary N) is 2. The molecule has 0 bridgehead atoms. The topological polar surface area (TPSA) is 75.3 Å². The third-order valence-corrected chi connectivity index (χ3v) is 4.51. The molecule has 0 spiro atoms. The van der Waals surface area contributed by atoms with Gasteiger partial charge in [-0.2, -0.15) is 0 Å². The molecule has 1 aliphatic heterocycles. The van der Waals surface area contributed by atoms with Crippen LogP contribution in [-0.4, -0.2) is 14.3 Å². The number of hydrogen-bond donors (Lipinski definition) is 2. The van der Waals surface area contributed by atoms with Crippen molar-refractivity contribution in [2.75, 3.05) is 10.0 Å². The Hall–Kier alpha value is -2.34. The fraction of sp³-hybridized carbons (Fsp3) is 0.0714. The average Bonchev–Trinajstić information content (AvgIpc) is 2.41. The lowest BCUT2D eigenvalue weighted by atomic mass is 10.1. The van der Waals surface area contributed by atoms with Gasteiger partial charge in [0, 0.05) is 0 Å². The van der Waals surface area contributed by atoms with Crippen molar-refractivity contribution >= 4 is 27.3 Å². The summed E-state index contributed by atoms with van der Waals surface area (Å²) in [6.07, 6.45) is 0. The Labute approximate surface area is 116 Å². The lowest BCUT2D eigenvalue weighted by molar-refractivity contribution is 0.102. The van der Waals surface area contributed by atoms with Crippen molar-refractivity contribution in [1.29, 1.82) is 0 Å². The third kappa shape index (κ3) is 2.04. The zero-order valence-electron chi connectivity index (χ0n) is 10.7. The van der Waals surface area contributed by atoms with Crippen LogP contribution in [0, 0.1) is 6.92 Å². The fourth-order valence-corrected chi connectivity index (χ4v) is 3.41. The quantitative estimate of drug-likeness (QED) is 0.781. The van der Waals surface area contributed by atoms with Crippen molar-refractivity contribution < 1.29 is 13.2 Å². The van der Waals surface area contributed by atoms with Crippen molar-refractivity contribution in [3.05, 3.63) is 53.6 Å². The monoisotopic (exact) mass is 288 g/mol. The fourth-order valence-electron chi connectivity index (χ4n) is 2.13. The van der Waals surface area contributed by atoms with Gasteiger partial charge < -0.3 is 5.32 Å². The van der Waals surface area contributed by atoms with Crippen LogP contribution in [0.1, 0.15) is 15.9 Å². The van der Waals surface area contributed by atoms with Gasteiger partial charge in [0.1, 0.15) is 4.90 Å². The van der Waals surface area contributed by atoms with Crippen LogP contribution in [0.3, 0.4) is 0 Å². The highest BCUT2D eigenvalue weighted by Gasteiger charge is 2.26. The standard InChI is InChI=1S/C14H12N2O3S/c1-9-6-7-11-12(8-9)15-14(17)10-4-2-3-5-13(10)20(18,19)16-11/h2-8,16H,1H3,(H,15,17). The van der Waals surface area contributed by atoms with Crippen molar-refractivity contribution in [2.24, 2.45) is 0 Å². The van der Waals surface area contributed by atoms with Crippen molar-refractivity contribution in [3.63, 3.8) is 0 Å². The SMILES string of the molecule is Cc1ccc2c(c1)NC(=O)c1ccccc1S(=O)(=O)N2. The van der Waals surface area contributed by atoms with Gasteiger partial charge in [-0.3, -0.25) is 9.52 Å². The summed E-state index contributed by atoms with van der Waals surface area (Å²) < 4.78 is 27.2. The Balaban J connectivity index is 2.25. The third-order valence-electron chi connectivity index (χ3n) is 3.09. The maximum atomic E-state index is 12.3. The summed E-state index contributed by atoms with van der Waals surface area (Å²) in [5, 5.41) is 2.73. The second kappa shape index (κ2) is 4.35. The van der Waals surface area contributed by atoms with Crippen molar-refractivity contribution in [3.8, 4) is 0 Å². The molecule has 1 heterocycles. The predicted molar refractivity (Wildman–Crippen MR) is 76.4 cm³/mol. The predicted octanol–water partition coefficient (Wildman–Crippen LogP) is 2.36. The molecule has 0 saturated heterocycles. The smallest absolute Gasteiger partial charge is 0.262 e. The van der Waals surface area contributed by atoms with E-state index in [1.54, 1.807) is 30.3 Å². The lowest BCUT2D eigenvalue weighted by Crippen LogP contribution is -2.24. The van der Waals surface area contributed by atoms with Crippen LogP contribution >= 0.6 is 0 Å². The van der Waals surface area contributed by atoms with E-state index in [-0.39, 0.29) is 10.5 Å². The molecule has 2 aromatic carbocycles. The molecule has 0 unspecified atom stereocenters. The minimum Gasteiger partial charge on any atom is -0.320 e. The lowest BCUT2D eigenvalue weighted by Gasteiger charge is -2.19. The van der Waals surface area contributed by atoms with Gasteiger partial charge in [-0.1, -0.05) is 18.2 Å². The molecule has 3 rings (SSSR count). The minimum absolute atomic E-state index is 0.0243. The first-order valence-electron chi connectivity index (χ1n) is 6.01. The van der Waals surface area contributed by atoms with Crippen LogP contribution in [0.25, 0.3) is 0 Å². The summed E-state index contributed by atoms with van der Waals surface area (Å²) >= 11 is 0. The van der Waals surface area contributed by atoms with Crippen molar-refractivity contribution in [1.82, 2.24) is 0 Å². The second-order valence-electron chi connectivity index (χ2n) is 4.60. The molecule has 2 aromatic rings. The molecule has 1 aliphatic rings. The Morgan fingerprint density at radius 3 is 2.55 bits per heavy atom. The molecule has 6 heteroatoms. The molecule has 2 N–H and O–H groups in total. The zero-order chi connectivity index (χ0) is 14.3. The van der Waals surface area contributed by atoms with E-state index in [1.807, 2.05) is 6.92 Å². The second-order valence-corrected chi connectivity index (χ2v) is 6.26. The normalized spacial score (nSPS) is 15.9. The van der Waals surface area contributed by atoms with E-state index in [0.717, 1.165) is 5.56 Å². The van der Waals surface area contributed by atoms with Crippen LogP contribution in [0.4, 0.5) is 11.4 Å². The van der Waals surface area contributed by atoms with Gasteiger partial charge in [-0.05, 0) is 36.8 Å². The van der Waals surface area contributed by atoms with Gasteiger partial charge in [0.15, 0.2) is 0 Å². The van der Waals surface area contributed by atoms with Gasteiger partial charge in [0.25, 0.3) is 15.9 Å². The van der Waals surface area contributed by atoms with Crippen LogP contribution in [0.5, 0.6) is 0 Å². The summed E-state index contributed by atoms with van der Waals surface area (Å²) in [5.74, 6) is -0.433. The Morgan fingerprint density at radius 1 is 1.00 bits per heavy atom. The molecular formula is C14H12N2O3S. The van der Waals surface area contributed by atoms with Gasteiger partial charge in [-0.25, -0.2) is 8.42 Å². The number of anilines is 2. The number of sulfonamides is 1. The van der Waals surface area contributed by atoms with Crippen LogP contribution in [-0.2, 0) is 10.0 Å². The number of fused-ring (bicyclic) bond motifs is 2. The van der Waals surface area contributed by atoms with E-state index in [9.17, 15) is 13.2 Å². The molecule has 20 heavy (non-hydrogen) atoms. The molecule has 0 aromatic heterocycles. The minimum atomic E-state index is -3.77. The van der Waals surface area contributed by atoms with Crippen LogP contribution < -0.4 is 10.0 Å². The Bertz CT molecular complexity index is 813. The van der Waals surface area contributed by atoms with Gasteiger partial charge in [-0.15, -0.1) is 0 Å². The molecule has 0 radical (unpaired) electrons. The molecule has 1 amide bonds. The number of carbonyl (C=O) groups is 1. The first kappa shape index (κ1) is 12.7. The van der Waals surface area contributed by atoms with E-state index < -0.39 is 15.9 Å². The Kier molecular flexibility index (Phi) is 2.76.